The van der Waals surface area contributed by atoms with Crippen molar-refractivity contribution in [3.63, 3.8) is 0 Å². The van der Waals surface area contributed by atoms with Gasteiger partial charge in [-0.25, -0.2) is 19.0 Å². The Morgan fingerprint density at radius 2 is 1.88 bits per heavy atom. The summed E-state index contributed by atoms with van der Waals surface area (Å²) in [5, 5.41) is 5.20. The normalized spacial score (nSPS) is 16.0. The molecule has 0 N–H and O–H groups in total. The van der Waals surface area contributed by atoms with Crippen molar-refractivity contribution in [3.8, 4) is 5.69 Å². The number of halogens is 1. The number of rotatable bonds is 3. The van der Waals surface area contributed by atoms with Crippen molar-refractivity contribution in [3.05, 3.63) is 42.6 Å². The predicted octanol–water partition coefficient (Wildman–Crippen LogP) is 2.10. The van der Waals surface area contributed by atoms with Gasteiger partial charge in [-0.2, -0.15) is 5.10 Å². The van der Waals surface area contributed by atoms with Crippen LogP contribution < -0.4 is 4.90 Å². The molecular formula is C17H19FN6. The number of fused-ring (bicyclic) bond motifs is 1. The number of benzene rings is 1. The molecule has 0 spiro atoms. The SMILES string of the molecule is CCN1CCN(c2ncnc3c2cnn3-c2ccccc2F)CC1. The van der Waals surface area contributed by atoms with Crippen LogP contribution in [0, 0.1) is 5.82 Å². The maximum absolute atomic E-state index is 14.1. The van der Waals surface area contributed by atoms with Crippen molar-refractivity contribution in [2.24, 2.45) is 0 Å². The molecule has 0 saturated carbocycles. The lowest BCUT2D eigenvalue weighted by atomic mass is 10.2. The van der Waals surface area contributed by atoms with Crippen LogP contribution in [0.1, 0.15) is 6.92 Å². The second-order valence-corrected chi connectivity index (χ2v) is 5.86. The quantitative estimate of drug-likeness (QED) is 0.738. The molecule has 0 unspecified atom stereocenters. The Kier molecular flexibility index (Phi) is 3.86. The maximum atomic E-state index is 14.1. The van der Waals surface area contributed by atoms with Crippen LogP contribution in [0.5, 0.6) is 0 Å². The summed E-state index contributed by atoms with van der Waals surface area (Å²) in [7, 11) is 0. The zero-order chi connectivity index (χ0) is 16.5. The molecule has 1 aromatic carbocycles. The highest BCUT2D eigenvalue weighted by Gasteiger charge is 2.21. The number of anilines is 1. The van der Waals surface area contributed by atoms with Crippen molar-refractivity contribution in [1.29, 1.82) is 0 Å². The smallest absolute Gasteiger partial charge is 0.168 e. The molecule has 7 heteroatoms. The molecule has 1 saturated heterocycles. The monoisotopic (exact) mass is 326 g/mol. The minimum absolute atomic E-state index is 0.320. The van der Waals surface area contributed by atoms with Gasteiger partial charge in [-0.3, -0.25) is 0 Å². The molecular weight excluding hydrogens is 307 g/mol. The first-order valence-corrected chi connectivity index (χ1v) is 8.19. The van der Waals surface area contributed by atoms with Crippen LogP contribution in [-0.4, -0.2) is 57.4 Å². The fraction of sp³-hybridized carbons (Fsp3) is 0.353. The summed E-state index contributed by atoms with van der Waals surface area (Å²) in [5.41, 5.74) is 1.02. The summed E-state index contributed by atoms with van der Waals surface area (Å²) >= 11 is 0. The summed E-state index contributed by atoms with van der Waals surface area (Å²) in [4.78, 5) is 13.5. The topological polar surface area (TPSA) is 50.1 Å². The predicted molar refractivity (Wildman–Crippen MR) is 90.9 cm³/mol. The zero-order valence-electron chi connectivity index (χ0n) is 13.6. The number of hydrogen-bond donors (Lipinski definition) is 0. The van der Waals surface area contributed by atoms with E-state index in [1.54, 1.807) is 24.4 Å². The first-order chi connectivity index (χ1) is 11.8. The van der Waals surface area contributed by atoms with Crippen LogP contribution in [0.2, 0.25) is 0 Å². The van der Waals surface area contributed by atoms with Crippen LogP contribution in [0.3, 0.4) is 0 Å². The van der Waals surface area contributed by atoms with Crippen molar-refractivity contribution >= 4 is 16.9 Å². The van der Waals surface area contributed by atoms with E-state index in [0.717, 1.165) is 43.9 Å². The standard InChI is InChI=1S/C17H19FN6/c1-2-22-7-9-23(10-8-22)16-13-11-21-24(17(13)20-12-19-16)15-6-4-3-5-14(15)18/h3-6,11-12H,2,7-10H2,1H3. The Bertz CT molecular complexity index is 853. The third kappa shape index (κ3) is 2.50. The minimum atomic E-state index is -0.320. The van der Waals surface area contributed by atoms with Gasteiger partial charge in [0.15, 0.2) is 5.65 Å². The van der Waals surface area contributed by atoms with E-state index >= 15 is 0 Å². The lowest BCUT2D eigenvalue weighted by molar-refractivity contribution is 0.271. The van der Waals surface area contributed by atoms with Gasteiger partial charge in [-0.15, -0.1) is 0 Å². The van der Waals surface area contributed by atoms with E-state index < -0.39 is 0 Å². The van der Waals surface area contributed by atoms with E-state index in [4.69, 9.17) is 0 Å². The summed E-state index contributed by atoms with van der Waals surface area (Å²) in [6, 6.07) is 6.58. The molecule has 4 rings (SSSR count). The Morgan fingerprint density at radius 1 is 1.08 bits per heavy atom. The van der Waals surface area contributed by atoms with Gasteiger partial charge in [-0.1, -0.05) is 19.1 Å². The molecule has 0 bridgehead atoms. The first-order valence-electron chi connectivity index (χ1n) is 8.19. The molecule has 2 aromatic heterocycles. The molecule has 6 nitrogen and oxygen atoms in total. The van der Waals surface area contributed by atoms with Gasteiger partial charge in [0.2, 0.25) is 0 Å². The minimum Gasteiger partial charge on any atom is -0.353 e. The second kappa shape index (κ2) is 6.16. The number of nitrogens with zero attached hydrogens (tertiary/aromatic N) is 6. The molecule has 0 radical (unpaired) electrons. The van der Waals surface area contributed by atoms with Gasteiger partial charge in [0, 0.05) is 26.2 Å². The molecule has 1 aliphatic rings. The van der Waals surface area contributed by atoms with E-state index in [9.17, 15) is 4.39 Å². The van der Waals surface area contributed by atoms with Crippen LogP contribution in [0.25, 0.3) is 16.7 Å². The number of para-hydroxylation sites is 1. The van der Waals surface area contributed by atoms with E-state index in [0.29, 0.717) is 11.3 Å². The van der Waals surface area contributed by atoms with Gasteiger partial charge in [-0.05, 0) is 18.7 Å². The molecule has 3 aromatic rings. The van der Waals surface area contributed by atoms with Crippen molar-refractivity contribution in [2.45, 2.75) is 6.92 Å². The molecule has 1 aliphatic heterocycles. The molecule has 0 atom stereocenters. The largest absolute Gasteiger partial charge is 0.353 e. The third-order valence-electron chi connectivity index (χ3n) is 4.54. The van der Waals surface area contributed by atoms with Gasteiger partial charge in [0.25, 0.3) is 0 Å². The van der Waals surface area contributed by atoms with Crippen LogP contribution in [0.15, 0.2) is 36.8 Å². The number of hydrogen-bond acceptors (Lipinski definition) is 5. The summed E-state index contributed by atoms with van der Waals surface area (Å²) in [6.07, 6.45) is 3.26. The Balaban J connectivity index is 1.74. The summed E-state index contributed by atoms with van der Waals surface area (Å²) in [5.74, 6) is 0.553. The van der Waals surface area contributed by atoms with Crippen LogP contribution in [0.4, 0.5) is 10.2 Å². The van der Waals surface area contributed by atoms with Crippen LogP contribution in [-0.2, 0) is 0 Å². The average molecular weight is 326 g/mol. The highest BCUT2D eigenvalue weighted by atomic mass is 19.1. The van der Waals surface area contributed by atoms with Crippen molar-refractivity contribution < 1.29 is 4.39 Å². The Hall–Kier alpha value is -2.54. The molecule has 0 amide bonds. The molecule has 124 valence electrons. The van der Waals surface area contributed by atoms with Gasteiger partial charge >= 0.3 is 0 Å². The molecule has 3 heterocycles. The lowest BCUT2D eigenvalue weighted by Gasteiger charge is -2.34. The van der Waals surface area contributed by atoms with Crippen molar-refractivity contribution in [1.82, 2.24) is 24.6 Å². The highest BCUT2D eigenvalue weighted by molar-refractivity contribution is 5.87. The fourth-order valence-electron chi connectivity index (χ4n) is 3.16. The number of likely N-dealkylation sites (N-methyl/N-ethyl adjacent to an activating group) is 1. The zero-order valence-corrected chi connectivity index (χ0v) is 13.6. The van der Waals surface area contributed by atoms with Gasteiger partial charge < -0.3 is 9.80 Å². The third-order valence-corrected chi connectivity index (χ3v) is 4.54. The van der Waals surface area contributed by atoms with Gasteiger partial charge in [0.1, 0.15) is 23.6 Å². The highest BCUT2D eigenvalue weighted by Crippen LogP contribution is 2.26. The lowest BCUT2D eigenvalue weighted by Crippen LogP contribution is -2.46. The van der Waals surface area contributed by atoms with E-state index in [2.05, 4.69) is 31.8 Å². The Morgan fingerprint density at radius 3 is 2.62 bits per heavy atom. The fourth-order valence-corrected chi connectivity index (χ4v) is 3.16. The summed E-state index contributed by atoms with van der Waals surface area (Å²) < 4.78 is 15.6. The molecule has 1 fully saturated rings. The van der Waals surface area contributed by atoms with E-state index in [1.807, 2.05) is 0 Å². The molecule has 24 heavy (non-hydrogen) atoms. The molecule has 0 aliphatic carbocycles. The number of aromatic nitrogens is 4. The first kappa shape index (κ1) is 15.0. The van der Waals surface area contributed by atoms with Crippen molar-refractivity contribution in [2.75, 3.05) is 37.6 Å². The van der Waals surface area contributed by atoms with Gasteiger partial charge in [0.05, 0.1) is 11.6 Å². The van der Waals surface area contributed by atoms with Crippen LogP contribution >= 0.6 is 0 Å². The number of piperazine rings is 1. The maximum Gasteiger partial charge on any atom is 0.168 e. The van der Waals surface area contributed by atoms with E-state index in [-0.39, 0.29) is 5.82 Å². The average Bonchev–Trinajstić information content (AvgIpc) is 3.06. The summed E-state index contributed by atoms with van der Waals surface area (Å²) in [6.45, 7) is 7.12. The second-order valence-electron chi connectivity index (χ2n) is 5.86. The Labute approximate surface area is 139 Å². The van der Waals surface area contributed by atoms with E-state index in [1.165, 1.54) is 17.1 Å².